The van der Waals surface area contributed by atoms with E-state index >= 15 is 0 Å². The number of sulfonamides is 1. The van der Waals surface area contributed by atoms with Gasteiger partial charge in [0, 0.05) is 13.1 Å². The van der Waals surface area contributed by atoms with Crippen molar-refractivity contribution in [3.8, 4) is 6.07 Å². The molecule has 1 saturated heterocycles. The van der Waals surface area contributed by atoms with Crippen molar-refractivity contribution in [3.63, 3.8) is 0 Å². The molecule has 0 saturated carbocycles. The lowest BCUT2D eigenvalue weighted by molar-refractivity contribution is -0.123. The van der Waals surface area contributed by atoms with Gasteiger partial charge in [-0.3, -0.25) is 4.79 Å². The van der Waals surface area contributed by atoms with Crippen LogP contribution in [0.1, 0.15) is 28.5 Å². The number of hydrogen-bond donors (Lipinski definition) is 1. The second-order valence-electron chi connectivity index (χ2n) is 7.91. The summed E-state index contributed by atoms with van der Waals surface area (Å²) in [6.07, 6.45) is 0. The fraction of sp³-hybridized carbons (Fsp3) is 0.250. The van der Waals surface area contributed by atoms with E-state index in [1.807, 2.05) is 24.3 Å². The Kier molecular flexibility index (Phi) is 6.22. The third-order valence-corrected chi connectivity index (χ3v) is 6.97. The monoisotopic (exact) mass is 478 g/mol. The molecule has 34 heavy (non-hydrogen) atoms. The van der Waals surface area contributed by atoms with Gasteiger partial charge in [0.25, 0.3) is 10.0 Å². The number of fused-ring (bicyclic) bond motifs is 1. The Morgan fingerprint density at radius 1 is 1.18 bits per heavy atom. The van der Waals surface area contributed by atoms with Crippen molar-refractivity contribution in [2.24, 2.45) is 5.92 Å². The average molecular weight is 479 g/mol. The Hall–Kier alpha value is -3.97. The molecule has 0 bridgehead atoms. The summed E-state index contributed by atoms with van der Waals surface area (Å²) in [5.41, 5.74) is 0.786. The predicted molar refractivity (Wildman–Crippen MR) is 125 cm³/mol. The average Bonchev–Trinajstić information content (AvgIpc) is 2.77. The van der Waals surface area contributed by atoms with E-state index in [0.29, 0.717) is 11.5 Å². The Labute approximate surface area is 197 Å². The first-order chi connectivity index (χ1) is 16.2. The van der Waals surface area contributed by atoms with Crippen LogP contribution >= 0.6 is 0 Å². The number of carbonyl (C=O) groups is 2. The summed E-state index contributed by atoms with van der Waals surface area (Å²) in [6, 6.07) is 15.5. The Morgan fingerprint density at radius 2 is 1.88 bits per heavy atom. The molecule has 1 N–H and O–H groups in total. The maximum atomic E-state index is 12.7. The topological polar surface area (TPSA) is 129 Å². The number of aryl methyl sites for hydroxylation is 1. The summed E-state index contributed by atoms with van der Waals surface area (Å²) in [7, 11) is -4.03. The van der Waals surface area contributed by atoms with Gasteiger partial charge in [0.1, 0.15) is 11.9 Å². The quantitative estimate of drug-likeness (QED) is 0.535. The summed E-state index contributed by atoms with van der Waals surface area (Å²) in [4.78, 5) is 30.8. The fourth-order valence-corrected chi connectivity index (χ4v) is 4.84. The molecular formula is C24H22N4O5S. The van der Waals surface area contributed by atoms with Gasteiger partial charge >= 0.3 is 5.97 Å². The number of nitrogens with zero attached hydrogens (tertiary/aromatic N) is 3. The van der Waals surface area contributed by atoms with Crippen LogP contribution in [0.3, 0.4) is 0 Å². The molecule has 0 atom stereocenters. The molecule has 0 aliphatic carbocycles. The number of ether oxygens (including phenoxy) is 1. The Balaban J connectivity index is 1.46. The smallest absolute Gasteiger partial charge is 0.340 e. The van der Waals surface area contributed by atoms with Gasteiger partial charge in [0.05, 0.1) is 34.2 Å². The van der Waals surface area contributed by atoms with Crippen LogP contribution in [0.5, 0.6) is 0 Å². The molecule has 1 fully saturated rings. The van der Waals surface area contributed by atoms with E-state index in [0.717, 1.165) is 10.8 Å². The number of anilines is 1. The highest BCUT2D eigenvalue weighted by atomic mass is 32.2. The molecule has 9 nitrogen and oxygen atoms in total. The molecule has 1 aliphatic heterocycles. The maximum Gasteiger partial charge on any atom is 0.340 e. The minimum absolute atomic E-state index is 0.00865. The minimum Gasteiger partial charge on any atom is -0.462 e. The van der Waals surface area contributed by atoms with Crippen molar-refractivity contribution < 1.29 is 22.7 Å². The molecular weight excluding hydrogens is 456 g/mol. The number of aromatic nitrogens is 1. The first kappa shape index (κ1) is 23.2. The largest absolute Gasteiger partial charge is 0.462 e. The first-order valence-electron chi connectivity index (χ1n) is 10.6. The molecule has 0 spiro atoms. The number of benzene rings is 2. The van der Waals surface area contributed by atoms with Crippen LogP contribution in [0.4, 0.5) is 5.82 Å². The first-order valence-corrected chi connectivity index (χ1v) is 12.1. The van der Waals surface area contributed by atoms with Crippen LogP contribution in [-0.4, -0.2) is 45.0 Å². The zero-order valence-electron chi connectivity index (χ0n) is 18.6. The van der Waals surface area contributed by atoms with Gasteiger partial charge in [-0.25, -0.2) is 22.9 Å². The summed E-state index contributed by atoms with van der Waals surface area (Å²) in [6.45, 7) is 3.91. The molecule has 3 aromatic rings. The lowest BCUT2D eigenvalue weighted by atomic mass is 9.98. The van der Waals surface area contributed by atoms with Crippen LogP contribution in [0, 0.1) is 24.2 Å². The van der Waals surface area contributed by atoms with Gasteiger partial charge in [0.15, 0.2) is 0 Å². The SMILES string of the molecule is CCOC(=O)c1cc(C#N)c(N2CC(C(=O)NS(=O)(=O)c3ccc4ccccc4c3)C2)nc1C. The maximum absolute atomic E-state index is 12.7. The van der Waals surface area contributed by atoms with E-state index in [-0.39, 0.29) is 35.7 Å². The highest BCUT2D eigenvalue weighted by Crippen LogP contribution is 2.28. The van der Waals surface area contributed by atoms with Gasteiger partial charge in [-0.2, -0.15) is 5.26 Å². The van der Waals surface area contributed by atoms with E-state index in [2.05, 4.69) is 9.71 Å². The van der Waals surface area contributed by atoms with Crippen LogP contribution in [-0.2, 0) is 19.6 Å². The van der Waals surface area contributed by atoms with Gasteiger partial charge < -0.3 is 9.64 Å². The van der Waals surface area contributed by atoms with Gasteiger partial charge in [0.2, 0.25) is 5.91 Å². The molecule has 2 heterocycles. The third-order valence-electron chi connectivity index (χ3n) is 5.63. The number of nitriles is 1. The van der Waals surface area contributed by atoms with Crippen molar-refractivity contribution in [3.05, 3.63) is 65.4 Å². The highest BCUT2D eigenvalue weighted by molar-refractivity contribution is 7.90. The summed E-state index contributed by atoms with van der Waals surface area (Å²) in [5, 5.41) is 11.2. The predicted octanol–water partition coefficient (Wildman–Crippen LogP) is 2.53. The van der Waals surface area contributed by atoms with E-state index in [9.17, 15) is 23.3 Å². The summed E-state index contributed by atoms with van der Waals surface area (Å²) < 4.78 is 32.6. The molecule has 4 rings (SSSR count). The number of pyridine rings is 1. The van der Waals surface area contributed by atoms with E-state index in [1.54, 1.807) is 30.9 Å². The summed E-state index contributed by atoms with van der Waals surface area (Å²) >= 11 is 0. The van der Waals surface area contributed by atoms with Crippen LogP contribution in [0.15, 0.2) is 53.4 Å². The van der Waals surface area contributed by atoms with Crippen molar-refractivity contribution in [2.75, 3.05) is 24.6 Å². The standard InChI is InChI=1S/C24H22N4O5S/c1-3-33-24(30)21-11-18(12-25)22(26-15(21)2)28-13-19(14-28)23(29)27-34(31,32)20-9-8-16-6-4-5-7-17(16)10-20/h4-11,19H,3,13-14H2,1-2H3,(H,27,29). The molecule has 1 aliphatic rings. The third kappa shape index (κ3) is 4.43. The van der Waals surface area contributed by atoms with Crippen molar-refractivity contribution >= 4 is 38.5 Å². The molecule has 1 aromatic heterocycles. The molecule has 0 radical (unpaired) electrons. The van der Waals surface area contributed by atoms with E-state index in [4.69, 9.17) is 4.74 Å². The number of amides is 1. The second-order valence-corrected chi connectivity index (χ2v) is 9.59. The van der Waals surface area contributed by atoms with Crippen molar-refractivity contribution in [2.45, 2.75) is 18.7 Å². The van der Waals surface area contributed by atoms with Crippen molar-refractivity contribution in [1.82, 2.24) is 9.71 Å². The van der Waals surface area contributed by atoms with Gasteiger partial charge in [-0.15, -0.1) is 0 Å². The zero-order chi connectivity index (χ0) is 24.5. The normalized spacial score (nSPS) is 13.7. The number of hydrogen-bond acceptors (Lipinski definition) is 8. The second kappa shape index (κ2) is 9.11. The highest BCUT2D eigenvalue weighted by Gasteiger charge is 2.37. The minimum atomic E-state index is -4.03. The molecule has 174 valence electrons. The van der Waals surface area contributed by atoms with Crippen LogP contribution in [0.2, 0.25) is 0 Å². The van der Waals surface area contributed by atoms with Crippen LogP contribution < -0.4 is 9.62 Å². The molecule has 0 unspecified atom stereocenters. The number of carbonyl (C=O) groups excluding carboxylic acids is 2. The number of nitrogens with one attached hydrogen (secondary N) is 1. The van der Waals surface area contributed by atoms with E-state index in [1.165, 1.54) is 18.2 Å². The van der Waals surface area contributed by atoms with Crippen LogP contribution in [0.25, 0.3) is 10.8 Å². The molecule has 10 heteroatoms. The van der Waals surface area contributed by atoms with Gasteiger partial charge in [-0.05, 0) is 42.8 Å². The Bertz CT molecular complexity index is 1440. The van der Waals surface area contributed by atoms with Gasteiger partial charge in [-0.1, -0.05) is 30.3 Å². The lowest BCUT2D eigenvalue weighted by Crippen LogP contribution is -2.55. The Morgan fingerprint density at radius 3 is 2.56 bits per heavy atom. The van der Waals surface area contributed by atoms with Crippen molar-refractivity contribution in [1.29, 1.82) is 5.26 Å². The molecule has 1 amide bonds. The zero-order valence-corrected chi connectivity index (χ0v) is 19.4. The van der Waals surface area contributed by atoms with E-state index < -0.39 is 27.8 Å². The fourth-order valence-electron chi connectivity index (χ4n) is 3.76. The number of rotatable bonds is 6. The number of esters is 1. The molecule has 2 aromatic carbocycles. The lowest BCUT2D eigenvalue weighted by Gasteiger charge is -2.39. The summed E-state index contributed by atoms with van der Waals surface area (Å²) in [5.74, 6) is -1.43.